The highest BCUT2D eigenvalue weighted by Crippen LogP contribution is 2.33. The van der Waals surface area contributed by atoms with E-state index in [1.807, 2.05) is 6.08 Å². The fourth-order valence-corrected chi connectivity index (χ4v) is 11.0. The number of aliphatic hydroxyl groups excluding tert-OH is 11. The molecule has 3 aliphatic heterocycles. The number of ether oxygens (including phenoxy) is 6. The van der Waals surface area contributed by atoms with Crippen molar-refractivity contribution in [3.63, 3.8) is 0 Å². The molecule has 3 rings (SSSR count). The lowest BCUT2D eigenvalue weighted by molar-refractivity contribution is -0.379. The number of rotatable bonds is 54. The van der Waals surface area contributed by atoms with Gasteiger partial charge in [-0.15, -0.1) is 0 Å². The first-order valence-electron chi connectivity index (χ1n) is 36.9. The molecule has 0 aromatic carbocycles. The van der Waals surface area contributed by atoms with Crippen LogP contribution in [0.3, 0.4) is 0 Å². The molecule has 19 nitrogen and oxygen atoms in total. The molecule has 0 aromatic rings. The first kappa shape index (κ1) is 88.4. The van der Waals surface area contributed by atoms with Gasteiger partial charge in [-0.1, -0.05) is 229 Å². The number of allylic oxidation sites excluding steroid dienone is 27. The predicted octanol–water partition coefficient (Wildman–Crippen LogP) is 11.0. The predicted molar refractivity (Wildman–Crippen MR) is 392 cm³/mol. The van der Waals surface area contributed by atoms with Crippen LogP contribution in [-0.2, 0) is 33.2 Å². The Morgan fingerprint density at radius 2 is 0.707 bits per heavy atom. The van der Waals surface area contributed by atoms with Gasteiger partial charge in [0, 0.05) is 6.42 Å². The second kappa shape index (κ2) is 58.6. The van der Waals surface area contributed by atoms with Crippen molar-refractivity contribution in [2.45, 2.75) is 298 Å². The van der Waals surface area contributed by atoms with Crippen molar-refractivity contribution in [2.24, 2.45) is 0 Å². The van der Waals surface area contributed by atoms with Crippen molar-refractivity contribution in [3.05, 3.63) is 170 Å². The van der Waals surface area contributed by atoms with Gasteiger partial charge in [0.05, 0.1) is 38.6 Å². The van der Waals surface area contributed by atoms with E-state index in [1.165, 1.54) is 32.1 Å². The maximum atomic E-state index is 13.4. The van der Waals surface area contributed by atoms with E-state index in [4.69, 9.17) is 28.4 Å². The maximum Gasteiger partial charge on any atom is 0.220 e. The molecule has 1 amide bonds. The fraction of sp³-hybridized carbons (Fsp3) is 0.637. The molecule has 19 heteroatoms. The number of aliphatic hydroxyl groups is 11. The molecule has 0 aliphatic carbocycles. The summed E-state index contributed by atoms with van der Waals surface area (Å²) in [4.78, 5) is 13.4. The number of carbonyl (C=O) groups excluding carboxylic acids is 1. The maximum absolute atomic E-state index is 13.4. The molecule has 0 radical (unpaired) electrons. The smallest absolute Gasteiger partial charge is 0.220 e. The molecule has 0 spiro atoms. The first-order chi connectivity index (χ1) is 48.3. The number of hydrogen-bond acceptors (Lipinski definition) is 18. The summed E-state index contributed by atoms with van der Waals surface area (Å²) in [6, 6.07) is -1.02. The minimum atomic E-state index is -1.99. The Bertz CT molecular complexity index is 2460. The summed E-state index contributed by atoms with van der Waals surface area (Å²) in [6.07, 6.45) is 60.5. The summed E-state index contributed by atoms with van der Waals surface area (Å²) in [7, 11) is 0. The highest BCUT2D eigenvalue weighted by molar-refractivity contribution is 5.76. The Hall–Kier alpha value is -4.85. The van der Waals surface area contributed by atoms with E-state index in [-0.39, 0.29) is 12.3 Å². The monoisotopic (exact) mass is 1390 g/mol. The third kappa shape index (κ3) is 39.4. The number of unbranched alkanes of at least 4 members (excludes halogenated alkanes) is 12. The van der Waals surface area contributed by atoms with Crippen LogP contribution in [0.4, 0.5) is 0 Å². The van der Waals surface area contributed by atoms with E-state index in [2.05, 4.69) is 177 Å². The molecule has 99 heavy (non-hydrogen) atoms. The largest absolute Gasteiger partial charge is 0.394 e. The van der Waals surface area contributed by atoms with Crippen LogP contribution in [0.2, 0.25) is 0 Å². The van der Waals surface area contributed by atoms with Crippen molar-refractivity contribution in [3.8, 4) is 0 Å². The molecule has 560 valence electrons. The molecule has 17 unspecified atom stereocenters. The third-order valence-corrected chi connectivity index (χ3v) is 17.0. The van der Waals surface area contributed by atoms with Crippen LogP contribution in [0.1, 0.15) is 194 Å². The summed E-state index contributed by atoms with van der Waals surface area (Å²) >= 11 is 0. The lowest BCUT2D eigenvalue weighted by Crippen LogP contribution is -2.66. The van der Waals surface area contributed by atoms with Crippen molar-refractivity contribution in [2.75, 3.05) is 26.4 Å². The van der Waals surface area contributed by atoms with Gasteiger partial charge in [0.2, 0.25) is 5.91 Å². The number of carbonyl (C=O) groups is 1. The van der Waals surface area contributed by atoms with Crippen LogP contribution in [0.5, 0.6) is 0 Å². The normalized spacial score (nSPS) is 27.6. The summed E-state index contributed by atoms with van der Waals surface area (Å²) < 4.78 is 34.3. The quantitative estimate of drug-likeness (QED) is 0.0199. The second-order valence-corrected chi connectivity index (χ2v) is 25.3. The topological polar surface area (TPSA) is 307 Å². The van der Waals surface area contributed by atoms with Gasteiger partial charge in [0.1, 0.15) is 73.2 Å². The van der Waals surface area contributed by atoms with Gasteiger partial charge < -0.3 is 89.9 Å². The van der Waals surface area contributed by atoms with Gasteiger partial charge in [-0.05, 0) is 128 Å². The van der Waals surface area contributed by atoms with Gasteiger partial charge in [0.15, 0.2) is 18.9 Å². The van der Waals surface area contributed by atoms with Crippen molar-refractivity contribution >= 4 is 5.91 Å². The van der Waals surface area contributed by atoms with Gasteiger partial charge >= 0.3 is 0 Å². The zero-order valence-electron chi connectivity index (χ0n) is 59.4. The lowest BCUT2D eigenvalue weighted by Gasteiger charge is -2.48. The van der Waals surface area contributed by atoms with Crippen LogP contribution >= 0.6 is 0 Å². The van der Waals surface area contributed by atoms with Crippen molar-refractivity contribution in [1.82, 2.24) is 5.32 Å². The average Bonchev–Trinajstić information content (AvgIpc) is 0.784. The van der Waals surface area contributed by atoms with E-state index in [9.17, 15) is 61.0 Å². The Labute approximate surface area is 592 Å². The molecule has 0 bridgehead atoms. The number of hydrogen-bond donors (Lipinski definition) is 12. The number of nitrogens with one attached hydrogen (secondary N) is 1. The summed E-state index contributed by atoms with van der Waals surface area (Å²) in [6.45, 7) is 1.52. The first-order valence-corrected chi connectivity index (χ1v) is 36.9. The van der Waals surface area contributed by atoms with Crippen LogP contribution in [0, 0.1) is 0 Å². The second-order valence-electron chi connectivity index (χ2n) is 25.3. The molecule has 3 saturated heterocycles. The van der Waals surface area contributed by atoms with Gasteiger partial charge in [-0.25, -0.2) is 0 Å². The molecular formula is C80H127NO18. The van der Waals surface area contributed by atoms with Crippen molar-refractivity contribution < 1.29 is 89.4 Å². The van der Waals surface area contributed by atoms with E-state index in [1.54, 1.807) is 6.08 Å². The molecule has 12 N–H and O–H groups in total. The summed E-state index contributed by atoms with van der Waals surface area (Å²) in [5, 5.41) is 120. The third-order valence-electron chi connectivity index (χ3n) is 17.0. The minimum absolute atomic E-state index is 0.197. The Morgan fingerprint density at radius 3 is 1.13 bits per heavy atom. The van der Waals surface area contributed by atoms with Crippen LogP contribution in [0.15, 0.2) is 170 Å². The van der Waals surface area contributed by atoms with Gasteiger partial charge in [0.25, 0.3) is 0 Å². The molecule has 3 fully saturated rings. The highest BCUT2D eigenvalue weighted by Gasteiger charge is 2.53. The van der Waals surface area contributed by atoms with E-state index >= 15 is 0 Å². The van der Waals surface area contributed by atoms with Crippen LogP contribution in [-0.4, -0.2) is 193 Å². The number of amides is 1. The Morgan fingerprint density at radius 1 is 0.374 bits per heavy atom. The van der Waals surface area contributed by atoms with Crippen molar-refractivity contribution in [1.29, 1.82) is 0 Å². The SMILES string of the molecule is CC/C=C\C/C=C\C/C=C\C/C=C\C/C=C\C/C=C\C/C=C\C/C=C\C/C=C\C/C=C\C/C=C\CCCCCCCC(=O)NC(COC1OC(CO)C(OC2OC(CO)C(OC3OC(CO)C(O)C(O)C3O)C(O)C2O)C(O)C1O)C(O)/C=C/CC/C=C/CC/C=C/CCCCCCC. The Balaban J connectivity index is 1.38. The minimum Gasteiger partial charge on any atom is -0.394 e. The molecule has 17 atom stereocenters. The van der Waals surface area contributed by atoms with E-state index in [0.717, 1.165) is 128 Å². The zero-order valence-corrected chi connectivity index (χ0v) is 59.4. The zero-order chi connectivity index (χ0) is 71.8. The fourth-order valence-electron chi connectivity index (χ4n) is 11.0. The Kier molecular flexibility index (Phi) is 52.3. The summed E-state index contributed by atoms with van der Waals surface area (Å²) in [5.74, 6) is -0.317. The van der Waals surface area contributed by atoms with E-state index < -0.39 is 131 Å². The van der Waals surface area contributed by atoms with Crippen LogP contribution < -0.4 is 5.32 Å². The highest BCUT2D eigenvalue weighted by atomic mass is 16.8. The lowest BCUT2D eigenvalue weighted by atomic mass is 9.96. The molecule has 0 saturated carbocycles. The van der Waals surface area contributed by atoms with Crippen LogP contribution in [0.25, 0.3) is 0 Å². The standard InChI is InChI=1S/C80H127NO18/c1-3-5-7-9-11-13-15-17-19-20-21-22-23-24-25-26-27-28-29-30-31-32-33-34-35-36-37-38-39-40-41-42-44-46-48-50-52-54-56-58-68(86)81-63(64(85)57-55-53-51-49-47-45-43-18-16-14-12-10-8-6-4-2)62-94-78-74(92)71(89)76(66(60-83)96-78)99-80-75(93)72(90)77(67(61-84)97-80)98-79-73(91)70(88)69(87)65(59-82)95-79/h5,7,11,13,16-19,21-22,24-25,27-28,30-31,33-34,36-37,39-40,42,44,47,49,55,57,63-67,69-80,82-85,87-93H,3-4,6,8-10,12,14-15,20,23,26,29,32,35,38,41,43,45-46,48,50-54,56,58-62H2,1-2H3,(H,81,86)/b7-5-,13-11-,18-16+,19-17-,22-21-,25-24-,28-27-,31-30-,34-33-,37-36-,40-39-,44-42-,49-47+,57-55+. The van der Waals surface area contributed by atoms with Gasteiger partial charge in [-0.2, -0.15) is 0 Å². The molecular weight excluding hydrogens is 1260 g/mol. The molecule has 0 aromatic heterocycles. The molecule has 3 aliphatic rings. The van der Waals surface area contributed by atoms with E-state index in [0.29, 0.717) is 12.8 Å². The average molecular weight is 1390 g/mol. The molecule has 3 heterocycles. The van der Waals surface area contributed by atoms with Gasteiger partial charge in [-0.3, -0.25) is 4.79 Å². The summed E-state index contributed by atoms with van der Waals surface area (Å²) in [5.41, 5.74) is 0.